The maximum absolute atomic E-state index is 11.6. The smallest absolute Gasteiger partial charge is 0.362 e. The molecule has 0 aliphatic heterocycles. The van der Waals surface area contributed by atoms with Crippen molar-refractivity contribution in [1.82, 2.24) is 0 Å². The van der Waals surface area contributed by atoms with E-state index in [-0.39, 0.29) is 18.1 Å². The van der Waals surface area contributed by atoms with Gasteiger partial charge in [-0.1, -0.05) is 12.1 Å². The van der Waals surface area contributed by atoms with Crippen molar-refractivity contribution in [2.45, 2.75) is 27.7 Å². The van der Waals surface area contributed by atoms with Crippen LogP contribution in [0.1, 0.15) is 25.0 Å². The molecule has 5 heteroatoms. The fraction of sp³-hybridized carbons (Fsp3) is 0.357. The zero-order valence-electron chi connectivity index (χ0n) is 11.6. The van der Waals surface area contributed by atoms with Crippen molar-refractivity contribution >= 4 is 11.7 Å². The Morgan fingerprint density at radius 1 is 1.37 bits per heavy atom. The van der Waals surface area contributed by atoms with Crippen LogP contribution in [0.15, 0.2) is 39.9 Å². The van der Waals surface area contributed by atoms with Gasteiger partial charge in [0.2, 0.25) is 5.70 Å². The van der Waals surface area contributed by atoms with E-state index in [1.165, 1.54) is 6.92 Å². The molecule has 102 valence electrons. The van der Waals surface area contributed by atoms with Crippen molar-refractivity contribution in [2.24, 2.45) is 10.2 Å². The molecule has 0 fully saturated rings. The van der Waals surface area contributed by atoms with Crippen molar-refractivity contribution in [3.05, 3.63) is 40.8 Å². The molecule has 0 saturated heterocycles. The van der Waals surface area contributed by atoms with Gasteiger partial charge in [0.15, 0.2) is 0 Å². The lowest BCUT2D eigenvalue weighted by atomic mass is 10.1. The number of rotatable bonds is 4. The Kier molecular flexibility index (Phi) is 5.23. The number of carbonyl (C=O) groups excluding carboxylic acids is 1. The normalized spacial score (nSPS) is 12.4. The van der Waals surface area contributed by atoms with Gasteiger partial charge in [-0.15, -0.1) is 10.2 Å². The molecule has 5 nitrogen and oxygen atoms in total. The average Bonchev–Trinajstić information content (AvgIpc) is 2.34. The Bertz CT molecular complexity index is 529. The Balaban J connectivity index is 3.04. The summed E-state index contributed by atoms with van der Waals surface area (Å²) in [6, 6.07) is 5.62. The summed E-state index contributed by atoms with van der Waals surface area (Å²) >= 11 is 0. The largest absolute Gasteiger partial charge is 0.510 e. The number of aryl methyl sites for hydroxylation is 1. The van der Waals surface area contributed by atoms with E-state index in [9.17, 15) is 9.90 Å². The highest BCUT2D eigenvalue weighted by Gasteiger charge is 2.14. The Labute approximate surface area is 112 Å². The van der Waals surface area contributed by atoms with Gasteiger partial charge in [0, 0.05) is 0 Å². The van der Waals surface area contributed by atoms with Crippen LogP contribution in [0.3, 0.4) is 0 Å². The molecule has 0 aliphatic rings. The molecule has 1 N–H and O–H groups in total. The number of esters is 1. The first-order valence-electron chi connectivity index (χ1n) is 6.02. The molecule has 0 bridgehead atoms. The van der Waals surface area contributed by atoms with Crippen LogP contribution in [0.4, 0.5) is 5.69 Å². The fourth-order valence-corrected chi connectivity index (χ4v) is 1.41. The van der Waals surface area contributed by atoms with Crippen LogP contribution in [-0.2, 0) is 9.53 Å². The maximum Gasteiger partial charge on any atom is 0.362 e. The molecule has 0 saturated carbocycles. The molecule has 0 radical (unpaired) electrons. The molecule has 0 amide bonds. The summed E-state index contributed by atoms with van der Waals surface area (Å²) in [5.74, 6) is -0.899. The van der Waals surface area contributed by atoms with Gasteiger partial charge in [-0.2, -0.15) is 0 Å². The predicted octanol–water partition coefficient (Wildman–Crippen LogP) is 3.74. The fourth-order valence-electron chi connectivity index (χ4n) is 1.41. The number of benzene rings is 1. The zero-order valence-corrected chi connectivity index (χ0v) is 11.6. The second-order valence-electron chi connectivity index (χ2n) is 4.07. The first kappa shape index (κ1) is 14.9. The Hall–Kier alpha value is -2.17. The summed E-state index contributed by atoms with van der Waals surface area (Å²) < 4.78 is 4.80. The standard InChI is InChI=1S/C14H18N2O3/c1-5-19-14(18)13(11(4)17)16-15-12-8-6-7-9(2)10(12)3/h6-8,17H,5H2,1-4H3/b13-11-,16-15?. The second kappa shape index (κ2) is 6.68. The van der Waals surface area contributed by atoms with Crippen molar-refractivity contribution < 1.29 is 14.6 Å². The van der Waals surface area contributed by atoms with E-state index in [2.05, 4.69) is 10.2 Å². The minimum absolute atomic E-state index is 0.178. The number of hydrogen-bond donors (Lipinski definition) is 1. The van der Waals surface area contributed by atoms with E-state index >= 15 is 0 Å². The lowest BCUT2D eigenvalue weighted by molar-refractivity contribution is -0.138. The second-order valence-corrected chi connectivity index (χ2v) is 4.07. The number of aliphatic hydroxyl groups excluding tert-OH is 1. The average molecular weight is 262 g/mol. The minimum Gasteiger partial charge on any atom is -0.510 e. The van der Waals surface area contributed by atoms with Crippen LogP contribution < -0.4 is 0 Å². The van der Waals surface area contributed by atoms with Gasteiger partial charge in [-0.25, -0.2) is 4.79 Å². The number of aliphatic hydroxyl groups is 1. The van der Waals surface area contributed by atoms with E-state index in [0.29, 0.717) is 5.69 Å². The van der Waals surface area contributed by atoms with Gasteiger partial charge in [-0.05, 0) is 44.9 Å². The molecule has 1 aromatic rings. The summed E-state index contributed by atoms with van der Waals surface area (Å²) in [6.07, 6.45) is 0. The van der Waals surface area contributed by atoms with Crippen LogP contribution in [0.5, 0.6) is 0 Å². The molecular formula is C14H18N2O3. The summed E-state index contributed by atoms with van der Waals surface area (Å²) in [5.41, 5.74) is 2.54. The quantitative estimate of drug-likeness (QED) is 0.389. The molecule has 0 heterocycles. The summed E-state index contributed by atoms with van der Waals surface area (Å²) in [6.45, 7) is 7.16. The Morgan fingerprint density at radius 3 is 2.63 bits per heavy atom. The molecule has 0 atom stereocenters. The monoisotopic (exact) mass is 262 g/mol. The van der Waals surface area contributed by atoms with Crippen LogP contribution in [0.25, 0.3) is 0 Å². The number of carbonyl (C=O) groups is 1. The molecule has 0 spiro atoms. The van der Waals surface area contributed by atoms with Gasteiger partial charge in [0.05, 0.1) is 12.3 Å². The number of ether oxygens (including phenoxy) is 1. The van der Waals surface area contributed by atoms with Crippen molar-refractivity contribution in [3.8, 4) is 0 Å². The summed E-state index contributed by atoms with van der Waals surface area (Å²) in [4.78, 5) is 11.6. The first-order valence-corrected chi connectivity index (χ1v) is 6.02. The third kappa shape index (κ3) is 3.91. The van der Waals surface area contributed by atoms with Crippen LogP contribution in [0, 0.1) is 13.8 Å². The zero-order chi connectivity index (χ0) is 14.4. The van der Waals surface area contributed by atoms with E-state index in [1.54, 1.807) is 13.0 Å². The molecule has 0 unspecified atom stereocenters. The van der Waals surface area contributed by atoms with Gasteiger partial charge >= 0.3 is 5.97 Å². The molecule has 0 aliphatic carbocycles. The highest BCUT2D eigenvalue weighted by atomic mass is 16.5. The molecule has 1 rings (SSSR count). The Morgan fingerprint density at radius 2 is 2.05 bits per heavy atom. The number of nitrogens with zero attached hydrogens (tertiary/aromatic N) is 2. The van der Waals surface area contributed by atoms with Crippen molar-refractivity contribution in [1.29, 1.82) is 0 Å². The number of allylic oxidation sites excluding steroid dienone is 1. The van der Waals surface area contributed by atoms with Crippen molar-refractivity contribution in [3.63, 3.8) is 0 Å². The SMILES string of the molecule is CCOC(=O)/C(N=Nc1cccc(C)c1C)=C(\C)O. The molecule has 1 aromatic carbocycles. The van der Waals surface area contributed by atoms with Gasteiger partial charge in [0.25, 0.3) is 0 Å². The van der Waals surface area contributed by atoms with Crippen molar-refractivity contribution in [2.75, 3.05) is 6.61 Å². The van der Waals surface area contributed by atoms with Crippen LogP contribution in [0.2, 0.25) is 0 Å². The predicted molar refractivity (Wildman–Crippen MR) is 72.4 cm³/mol. The van der Waals surface area contributed by atoms with Crippen LogP contribution in [-0.4, -0.2) is 17.7 Å². The minimum atomic E-state index is -0.684. The van der Waals surface area contributed by atoms with E-state index < -0.39 is 5.97 Å². The lowest BCUT2D eigenvalue weighted by Gasteiger charge is -2.04. The molecule has 19 heavy (non-hydrogen) atoms. The van der Waals surface area contributed by atoms with Gasteiger partial charge in [-0.3, -0.25) is 0 Å². The molecular weight excluding hydrogens is 244 g/mol. The number of hydrogen-bond acceptors (Lipinski definition) is 5. The third-order valence-corrected chi connectivity index (χ3v) is 2.65. The summed E-state index contributed by atoms with van der Waals surface area (Å²) in [7, 11) is 0. The first-order chi connectivity index (χ1) is 8.97. The van der Waals surface area contributed by atoms with Crippen LogP contribution >= 0.6 is 0 Å². The van der Waals surface area contributed by atoms with Gasteiger partial charge in [0.1, 0.15) is 5.76 Å². The van der Waals surface area contributed by atoms with Gasteiger partial charge < -0.3 is 9.84 Å². The van der Waals surface area contributed by atoms with E-state index in [0.717, 1.165) is 11.1 Å². The number of azo groups is 1. The lowest BCUT2D eigenvalue weighted by Crippen LogP contribution is -2.07. The highest BCUT2D eigenvalue weighted by Crippen LogP contribution is 2.22. The van der Waals surface area contributed by atoms with E-state index in [1.807, 2.05) is 26.0 Å². The maximum atomic E-state index is 11.6. The topological polar surface area (TPSA) is 71.2 Å². The van der Waals surface area contributed by atoms with E-state index in [4.69, 9.17) is 4.74 Å². The summed E-state index contributed by atoms with van der Waals surface area (Å²) in [5, 5.41) is 17.2. The molecule has 0 aromatic heterocycles. The highest BCUT2D eigenvalue weighted by molar-refractivity contribution is 5.88. The third-order valence-electron chi connectivity index (χ3n) is 2.65.